The lowest BCUT2D eigenvalue weighted by Crippen LogP contribution is -2.04. The first kappa shape index (κ1) is 13.0. The van der Waals surface area contributed by atoms with Crippen molar-refractivity contribution in [2.75, 3.05) is 6.61 Å². The standard InChI is InChI=1S/C12H17ClN2O/c1-4-6-7-8-16-12-9(3)11(13)14-10(5-2)15-12/h4H,1,5-8H2,2-3H3. The van der Waals surface area contributed by atoms with E-state index in [0.717, 1.165) is 24.8 Å². The largest absolute Gasteiger partial charge is 0.477 e. The Hall–Kier alpha value is -1.09. The highest BCUT2D eigenvalue weighted by atomic mass is 35.5. The Kier molecular flexibility index (Phi) is 5.26. The quantitative estimate of drug-likeness (QED) is 0.435. The molecule has 0 saturated heterocycles. The maximum Gasteiger partial charge on any atom is 0.221 e. The molecule has 0 N–H and O–H groups in total. The normalized spacial score (nSPS) is 10.2. The molecule has 0 aliphatic carbocycles. The number of allylic oxidation sites excluding steroid dienone is 1. The van der Waals surface area contributed by atoms with Crippen molar-refractivity contribution in [1.82, 2.24) is 9.97 Å². The van der Waals surface area contributed by atoms with E-state index < -0.39 is 0 Å². The molecule has 3 nitrogen and oxygen atoms in total. The fourth-order valence-electron chi connectivity index (χ4n) is 1.21. The van der Waals surface area contributed by atoms with Gasteiger partial charge in [-0.05, 0) is 19.8 Å². The molecular formula is C12H17ClN2O. The lowest BCUT2D eigenvalue weighted by Gasteiger charge is -2.09. The van der Waals surface area contributed by atoms with Crippen LogP contribution in [0.25, 0.3) is 0 Å². The second-order valence-corrected chi connectivity index (χ2v) is 3.85. The average Bonchev–Trinajstić information content (AvgIpc) is 2.29. The molecule has 0 atom stereocenters. The predicted molar refractivity (Wildman–Crippen MR) is 66.1 cm³/mol. The van der Waals surface area contributed by atoms with Crippen molar-refractivity contribution in [3.63, 3.8) is 0 Å². The van der Waals surface area contributed by atoms with E-state index in [1.54, 1.807) is 0 Å². The van der Waals surface area contributed by atoms with Gasteiger partial charge in [0.25, 0.3) is 0 Å². The molecule has 1 aromatic heterocycles. The van der Waals surface area contributed by atoms with Crippen LogP contribution in [0.2, 0.25) is 5.15 Å². The van der Waals surface area contributed by atoms with Gasteiger partial charge in [0.15, 0.2) is 0 Å². The van der Waals surface area contributed by atoms with E-state index >= 15 is 0 Å². The summed E-state index contributed by atoms with van der Waals surface area (Å²) in [4.78, 5) is 8.46. The zero-order valence-corrected chi connectivity index (χ0v) is 10.5. The smallest absolute Gasteiger partial charge is 0.221 e. The van der Waals surface area contributed by atoms with Gasteiger partial charge in [0, 0.05) is 12.0 Å². The highest BCUT2D eigenvalue weighted by molar-refractivity contribution is 6.30. The van der Waals surface area contributed by atoms with Gasteiger partial charge in [-0.25, -0.2) is 4.98 Å². The lowest BCUT2D eigenvalue weighted by molar-refractivity contribution is 0.296. The zero-order chi connectivity index (χ0) is 12.0. The van der Waals surface area contributed by atoms with Crippen LogP contribution < -0.4 is 4.74 Å². The predicted octanol–water partition coefficient (Wildman–Crippen LogP) is 3.35. The molecule has 0 unspecified atom stereocenters. The van der Waals surface area contributed by atoms with Gasteiger partial charge in [-0.2, -0.15) is 4.98 Å². The molecule has 0 aromatic carbocycles. The van der Waals surface area contributed by atoms with E-state index in [1.165, 1.54) is 0 Å². The van der Waals surface area contributed by atoms with Gasteiger partial charge in [0.05, 0.1) is 6.61 Å². The average molecular weight is 241 g/mol. The summed E-state index contributed by atoms with van der Waals surface area (Å²) < 4.78 is 5.58. The third-order valence-corrected chi connectivity index (χ3v) is 2.56. The molecule has 88 valence electrons. The minimum Gasteiger partial charge on any atom is -0.477 e. The van der Waals surface area contributed by atoms with Crippen LogP contribution in [0.15, 0.2) is 12.7 Å². The molecule has 0 spiro atoms. The first-order chi connectivity index (χ1) is 7.69. The molecule has 0 saturated carbocycles. The molecule has 0 amide bonds. The van der Waals surface area contributed by atoms with Crippen molar-refractivity contribution in [3.05, 3.63) is 29.2 Å². The fraction of sp³-hybridized carbons (Fsp3) is 0.500. The molecule has 1 heterocycles. The Bertz CT molecular complexity index is 366. The third kappa shape index (κ3) is 3.49. The Balaban J connectivity index is 2.70. The fourth-order valence-corrected chi connectivity index (χ4v) is 1.39. The van der Waals surface area contributed by atoms with Crippen molar-refractivity contribution in [1.29, 1.82) is 0 Å². The number of halogens is 1. The first-order valence-corrected chi connectivity index (χ1v) is 5.83. The summed E-state index contributed by atoms with van der Waals surface area (Å²) >= 11 is 5.99. The number of nitrogens with zero attached hydrogens (tertiary/aromatic N) is 2. The molecule has 0 fully saturated rings. The molecule has 16 heavy (non-hydrogen) atoms. The summed E-state index contributed by atoms with van der Waals surface area (Å²) in [5.74, 6) is 1.32. The topological polar surface area (TPSA) is 35.0 Å². The molecule has 1 rings (SSSR count). The van der Waals surface area contributed by atoms with E-state index in [2.05, 4.69) is 16.5 Å². The Morgan fingerprint density at radius 1 is 1.44 bits per heavy atom. The van der Waals surface area contributed by atoms with Crippen molar-refractivity contribution in [2.24, 2.45) is 0 Å². The molecular weight excluding hydrogens is 224 g/mol. The second kappa shape index (κ2) is 6.48. The van der Waals surface area contributed by atoms with Crippen LogP contribution in [0, 0.1) is 6.92 Å². The second-order valence-electron chi connectivity index (χ2n) is 3.49. The number of hydrogen-bond donors (Lipinski definition) is 0. The SMILES string of the molecule is C=CCCCOc1nc(CC)nc(Cl)c1C. The number of unbranched alkanes of at least 4 members (excludes halogenated alkanes) is 1. The highest BCUT2D eigenvalue weighted by Gasteiger charge is 2.09. The first-order valence-electron chi connectivity index (χ1n) is 5.45. The van der Waals surface area contributed by atoms with Gasteiger partial charge in [-0.3, -0.25) is 0 Å². The van der Waals surface area contributed by atoms with Gasteiger partial charge in [0.1, 0.15) is 11.0 Å². The number of aromatic nitrogens is 2. The summed E-state index contributed by atoms with van der Waals surface area (Å²) in [6.07, 6.45) is 4.51. The van der Waals surface area contributed by atoms with Crippen LogP contribution in [0.1, 0.15) is 31.2 Å². The number of ether oxygens (including phenoxy) is 1. The van der Waals surface area contributed by atoms with Crippen LogP contribution in [0.5, 0.6) is 5.88 Å². The summed E-state index contributed by atoms with van der Waals surface area (Å²) in [5.41, 5.74) is 0.803. The van der Waals surface area contributed by atoms with Crippen LogP contribution in [0.3, 0.4) is 0 Å². The Morgan fingerprint density at radius 2 is 2.19 bits per heavy atom. The van der Waals surface area contributed by atoms with Crippen LogP contribution in [0.4, 0.5) is 0 Å². The maximum absolute atomic E-state index is 5.99. The maximum atomic E-state index is 5.99. The highest BCUT2D eigenvalue weighted by Crippen LogP contribution is 2.22. The zero-order valence-electron chi connectivity index (χ0n) is 9.79. The van der Waals surface area contributed by atoms with E-state index in [9.17, 15) is 0 Å². The van der Waals surface area contributed by atoms with Gasteiger partial charge < -0.3 is 4.74 Å². The van der Waals surface area contributed by atoms with Gasteiger partial charge >= 0.3 is 0 Å². The molecule has 0 bridgehead atoms. The Labute approximate surface area is 102 Å². The lowest BCUT2D eigenvalue weighted by atomic mass is 10.3. The summed E-state index contributed by atoms with van der Waals surface area (Å²) in [6, 6.07) is 0. The summed E-state index contributed by atoms with van der Waals surface area (Å²) in [5, 5.41) is 0.477. The van der Waals surface area contributed by atoms with Crippen molar-refractivity contribution in [3.8, 4) is 5.88 Å². The third-order valence-electron chi connectivity index (χ3n) is 2.20. The van der Waals surface area contributed by atoms with Gasteiger partial charge in [0.2, 0.25) is 5.88 Å². The summed E-state index contributed by atoms with van der Waals surface area (Å²) in [7, 11) is 0. The molecule has 0 aliphatic heterocycles. The van der Waals surface area contributed by atoms with Gasteiger partial charge in [-0.15, -0.1) is 6.58 Å². The van der Waals surface area contributed by atoms with Gasteiger partial charge in [-0.1, -0.05) is 24.6 Å². The monoisotopic (exact) mass is 240 g/mol. The van der Waals surface area contributed by atoms with E-state index in [1.807, 2.05) is 19.9 Å². The van der Waals surface area contributed by atoms with Crippen LogP contribution in [-0.4, -0.2) is 16.6 Å². The minimum absolute atomic E-state index is 0.477. The summed E-state index contributed by atoms with van der Waals surface area (Å²) in [6.45, 7) is 8.14. The van der Waals surface area contributed by atoms with Crippen LogP contribution >= 0.6 is 11.6 Å². The molecule has 1 aromatic rings. The number of aryl methyl sites for hydroxylation is 1. The van der Waals surface area contributed by atoms with Crippen LogP contribution in [-0.2, 0) is 6.42 Å². The Morgan fingerprint density at radius 3 is 2.81 bits per heavy atom. The minimum atomic E-state index is 0.477. The van der Waals surface area contributed by atoms with Crippen molar-refractivity contribution in [2.45, 2.75) is 33.1 Å². The molecule has 0 aliphatic rings. The van der Waals surface area contributed by atoms with E-state index in [4.69, 9.17) is 16.3 Å². The molecule has 0 radical (unpaired) electrons. The van der Waals surface area contributed by atoms with Crippen molar-refractivity contribution < 1.29 is 4.74 Å². The molecule has 4 heteroatoms. The van der Waals surface area contributed by atoms with E-state index in [0.29, 0.717) is 23.5 Å². The number of hydrogen-bond acceptors (Lipinski definition) is 3. The van der Waals surface area contributed by atoms with E-state index in [-0.39, 0.29) is 0 Å². The van der Waals surface area contributed by atoms with Crippen molar-refractivity contribution >= 4 is 11.6 Å². The number of rotatable bonds is 6.